The molecule has 0 aliphatic heterocycles. The van der Waals surface area contributed by atoms with Gasteiger partial charge in [-0.2, -0.15) is 0 Å². The van der Waals surface area contributed by atoms with E-state index in [0.717, 1.165) is 21.1 Å². The Hall–Kier alpha value is -0.580. The fourth-order valence-electron chi connectivity index (χ4n) is 1.28. The van der Waals surface area contributed by atoms with Crippen molar-refractivity contribution < 1.29 is 9.90 Å². The van der Waals surface area contributed by atoms with Crippen LogP contribution in [0.1, 0.15) is 28.4 Å². The lowest BCUT2D eigenvalue weighted by atomic mass is 10.0. The second-order valence-corrected chi connectivity index (χ2v) is 3.94. The van der Waals surface area contributed by atoms with Crippen LogP contribution in [0.5, 0.6) is 0 Å². The molecule has 0 amide bonds. The standard InChI is InChI=1S/C10H11IO2/c1-3-7-8(10(12)13)5-4-6(2)9(7)11/h4-5H,3H2,1-2H3,(H,12,13)/p-1. The highest BCUT2D eigenvalue weighted by molar-refractivity contribution is 14.1. The zero-order valence-corrected chi connectivity index (χ0v) is 9.71. The molecule has 0 N–H and O–H groups in total. The van der Waals surface area contributed by atoms with Gasteiger partial charge in [-0.15, -0.1) is 0 Å². The smallest absolute Gasteiger partial charge is 0.0718 e. The van der Waals surface area contributed by atoms with Crippen LogP contribution >= 0.6 is 22.6 Å². The van der Waals surface area contributed by atoms with Crippen LogP contribution in [0.25, 0.3) is 0 Å². The lowest BCUT2D eigenvalue weighted by Gasteiger charge is -2.12. The number of aromatic carboxylic acids is 1. The van der Waals surface area contributed by atoms with E-state index in [4.69, 9.17) is 0 Å². The summed E-state index contributed by atoms with van der Waals surface area (Å²) in [5.41, 5.74) is 2.31. The van der Waals surface area contributed by atoms with Gasteiger partial charge in [0, 0.05) is 9.13 Å². The maximum Gasteiger partial charge on any atom is 0.0718 e. The first-order valence-electron chi connectivity index (χ1n) is 4.07. The van der Waals surface area contributed by atoms with Gasteiger partial charge >= 0.3 is 0 Å². The third-order valence-corrected chi connectivity index (χ3v) is 3.51. The predicted octanol–water partition coefficient (Wildman–Crippen LogP) is 1.53. The van der Waals surface area contributed by atoms with Gasteiger partial charge in [-0.25, -0.2) is 0 Å². The Kier molecular flexibility index (Phi) is 3.30. The third kappa shape index (κ3) is 2.02. The molecule has 0 aromatic heterocycles. The second-order valence-electron chi connectivity index (χ2n) is 2.86. The second kappa shape index (κ2) is 4.09. The van der Waals surface area contributed by atoms with Crippen molar-refractivity contribution in [1.82, 2.24) is 0 Å². The molecule has 0 unspecified atom stereocenters. The van der Waals surface area contributed by atoms with Gasteiger partial charge < -0.3 is 9.90 Å². The molecule has 0 saturated heterocycles. The maximum atomic E-state index is 10.7. The number of carboxylic acid groups (broad SMARTS) is 1. The van der Waals surface area contributed by atoms with Crippen LogP contribution in [0.4, 0.5) is 0 Å². The number of carbonyl (C=O) groups is 1. The number of benzene rings is 1. The topological polar surface area (TPSA) is 40.1 Å². The van der Waals surface area contributed by atoms with E-state index >= 15 is 0 Å². The van der Waals surface area contributed by atoms with Crippen LogP contribution in [0.2, 0.25) is 0 Å². The first-order chi connectivity index (χ1) is 6.07. The van der Waals surface area contributed by atoms with Crippen molar-refractivity contribution in [3.8, 4) is 0 Å². The Morgan fingerprint density at radius 2 is 2.15 bits per heavy atom. The summed E-state index contributed by atoms with van der Waals surface area (Å²) in [4.78, 5) is 10.7. The molecule has 0 fully saturated rings. The quantitative estimate of drug-likeness (QED) is 0.775. The fourth-order valence-corrected chi connectivity index (χ4v) is 2.13. The van der Waals surface area contributed by atoms with Crippen molar-refractivity contribution in [3.63, 3.8) is 0 Å². The molecule has 0 bridgehead atoms. The SMILES string of the molecule is CCc1c(C(=O)[O-])ccc(C)c1I. The van der Waals surface area contributed by atoms with Crippen LogP contribution in [0, 0.1) is 10.5 Å². The summed E-state index contributed by atoms with van der Waals surface area (Å²) < 4.78 is 1.03. The number of rotatable bonds is 2. The van der Waals surface area contributed by atoms with Crippen LogP contribution in [0.3, 0.4) is 0 Å². The summed E-state index contributed by atoms with van der Waals surface area (Å²) in [6.07, 6.45) is 0.725. The number of halogens is 1. The molecule has 0 aliphatic carbocycles. The van der Waals surface area contributed by atoms with Gasteiger partial charge in [-0.05, 0) is 47.1 Å². The molecular formula is C10H10IO2-. The van der Waals surface area contributed by atoms with E-state index in [1.54, 1.807) is 6.07 Å². The minimum absolute atomic E-state index is 0.317. The van der Waals surface area contributed by atoms with E-state index in [-0.39, 0.29) is 0 Å². The van der Waals surface area contributed by atoms with Gasteiger partial charge in [0.15, 0.2) is 0 Å². The Bertz CT molecular complexity index is 345. The molecule has 0 atom stereocenters. The molecule has 0 spiro atoms. The number of carbonyl (C=O) groups excluding carboxylic acids is 1. The van der Waals surface area contributed by atoms with Gasteiger partial charge in [0.25, 0.3) is 0 Å². The zero-order chi connectivity index (χ0) is 10.0. The molecule has 1 aromatic carbocycles. The summed E-state index contributed by atoms with van der Waals surface area (Å²) in [7, 11) is 0. The van der Waals surface area contributed by atoms with Gasteiger partial charge in [0.2, 0.25) is 0 Å². The Balaban J connectivity index is 3.38. The Morgan fingerprint density at radius 3 is 2.62 bits per heavy atom. The fraction of sp³-hybridized carbons (Fsp3) is 0.300. The van der Waals surface area contributed by atoms with Gasteiger partial charge in [0.05, 0.1) is 5.97 Å². The molecule has 0 radical (unpaired) electrons. The maximum absolute atomic E-state index is 10.7. The van der Waals surface area contributed by atoms with Crippen LogP contribution in [-0.2, 0) is 6.42 Å². The van der Waals surface area contributed by atoms with Crippen molar-refractivity contribution >= 4 is 28.6 Å². The summed E-state index contributed by atoms with van der Waals surface area (Å²) >= 11 is 2.17. The van der Waals surface area contributed by atoms with Gasteiger partial charge in [-0.1, -0.05) is 19.1 Å². The molecule has 0 saturated carbocycles. The summed E-state index contributed by atoms with van der Waals surface area (Å²) in [6, 6.07) is 3.43. The van der Waals surface area contributed by atoms with Gasteiger partial charge in [0.1, 0.15) is 0 Å². The van der Waals surface area contributed by atoms with Crippen molar-refractivity contribution in [1.29, 1.82) is 0 Å². The minimum Gasteiger partial charge on any atom is -0.545 e. The number of carboxylic acids is 1. The lowest BCUT2D eigenvalue weighted by Crippen LogP contribution is -2.24. The highest BCUT2D eigenvalue weighted by Crippen LogP contribution is 2.21. The van der Waals surface area contributed by atoms with E-state index in [1.807, 2.05) is 19.9 Å². The molecule has 3 heteroatoms. The summed E-state index contributed by atoms with van der Waals surface area (Å²) in [5.74, 6) is -1.09. The Labute approximate surface area is 91.1 Å². The summed E-state index contributed by atoms with van der Waals surface area (Å²) in [6.45, 7) is 3.92. The zero-order valence-electron chi connectivity index (χ0n) is 7.56. The van der Waals surface area contributed by atoms with Crippen molar-refractivity contribution in [2.75, 3.05) is 0 Å². The largest absolute Gasteiger partial charge is 0.545 e. The highest BCUT2D eigenvalue weighted by Gasteiger charge is 2.07. The molecule has 1 rings (SSSR count). The molecule has 70 valence electrons. The highest BCUT2D eigenvalue weighted by atomic mass is 127. The van der Waals surface area contributed by atoms with E-state index < -0.39 is 5.97 Å². The predicted molar refractivity (Wildman–Crippen MR) is 57.6 cm³/mol. The summed E-state index contributed by atoms with van der Waals surface area (Å²) in [5, 5.41) is 10.7. The number of aryl methyl sites for hydroxylation is 1. The molecular weight excluding hydrogens is 279 g/mol. The van der Waals surface area contributed by atoms with Crippen molar-refractivity contribution in [2.24, 2.45) is 0 Å². The average molecular weight is 289 g/mol. The molecule has 1 aromatic rings. The molecule has 0 heterocycles. The minimum atomic E-state index is -1.09. The van der Waals surface area contributed by atoms with Crippen LogP contribution < -0.4 is 5.11 Å². The van der Waals surface area contributed by atoms with E-state index in [1.165, 1.54) is 0 Å². The normalized spacial score (nSPS) is 10.1. The van der Waals surface area contributed by atoms with Crippen LogP contribution in [-0.4, -0.2) is 5.97 Å². The number of hydrogen-bond donors (Lipinski definition) is 0. The van der Waals surface area contributed by atoms with E-state index in [2.05, 4.69) is 22.6 Å². The molecule has 0 aliphatic rings. The first-order valence-corrected chi connectivity index (χ1v) is 5.15. The van der Waals surface area contributed by atoms with Crippen LogP contribution in [0.15, 0.2) is 12.1 Å². The molecule has 13 heavy (non-hydrogen) atoms. The third-order valence-electron chi connectivity index (χ3n) is 2.01. The van der Waals surface area contributed by atoms with Crippen molar-refractivity contribution in [3.05, 3.63) is 32.4 Å². The first kappa shape index (κ1) is 10.5. The molecule has 2 nitrogen and oxygen atoms in total. The number of hydrogen-bond acceptors (Lipinski definition) is 2. The Morgan fingerprint density at radius 1 is 1.54 bits per heavy atom. The average Bonchev–Trinajstić information content (AvgIpc) is 2.09. The van der Waals surface area contributed by atoms with Crippen molar-refractivity contribution in [2.45, 2.75) is 20.3 Å². The van der Waals surface area contributed by atoms with E-state index in [0.29, 0.717) is 5.56 Å². The van der Waals surface area contributed by atoms with E-state index in [9.17, 15) is 9.90 Å². The lowest BCUT2D eigenvalue weighted by molar-refractivity contribution is -0.255. The van der Waals surface area contributed by atoms with Gasteiger partial charge in [-0.3, -0.25) is 0 Å². The monoisotopic (exact) mass is 289 g/mol.